The van der Waals surface area contributed by atoms with Gasteiger partial charge in [-0.25, -0.2) is 0 Å². The van der Waals surface area contributed by atoms with E-state index < -0.39 is 5.54 Å². The average molecular weight is 129 g/mol. The molecule has 0 fully saturated rings. The monoisotopic (exact) mass is 129 g/mol. The van der Waals surface area contributed by atoms with Crippen molar-refractivity contribution in [1.29, 1.82) is 0 Å². The molecule has 0 amide bonds. The van der Waals surface area contributed by atoms with Crippen LogP contribution in [0.4, 0.5) is 0 Å². The average Bonchev–Trinajstić information content (AvgIpc) is 1.65. The highest BCUT2D eigenvalue weighted by Crippen LogP contribution is 2.08. The molecule has 2 N–H and O–H groups in total. The summed E-state index contributed by atoms with van der Waals surface area (Å²) in [5.74, 6) is 0.0735. The molecule has 0 saturated heterocycles. The van der Waals surface area contributed by atoms with Crippen LogP contribution in [0.3, 0.4) is 0 Å². The first kappa shape index (κ1) is 8.63. The summed E-state index contributed by atoms with van der Waals surface area (Å²) in [6, 6.07) is 0. The quantitative estimate of drug-likeness (QED) is 0.620. The normalized spacial score (nSPS) is 16.9. The van der Waals surface area contributed by atoms with Gasteiger partial charge in [0.2, 0.25) is 0 Å². The Kier molecular flexibility index (Phi) is 2.85. The molecule has 2 heteroatoms. The minimum atomic E-state index is -0.589. The number of ketones is 1. The van der Waals surface area contributed by atoms with Crippen molar-refractivity contribution < 1.29 is 4.79 Å². The van der Waals surface area contributed by atoms with Crippen molar-refractivity contribution in [3.8, 4) is 0 Å². The largest absolute Gasteiger partial charge is 0.319 e. The van der Waals surface area contributed by atoms with E-state index in [0.29, 0.717) is 0 Å². The molecule has 0 spiro atoms. The van der Waals surface area contributed by atoms with Crippen molar-refractivity contribution in [1.82, 2.24) is 0 Å². The summed E-state index contributed by atoms with van der Waals surface area (Å²) < 4.78 is 0. The number of rotatable bonds is 3. The predicted molar refractivity (Wildman–Crippen MR) is 38.2 cm³/mol. The number of Topliss-reactive ketones (excluding diaryl/α,β-unsaturated/α-hetero) is 1. The lowest BCUT2D eigenvalue weighted by Gasteiger charge is -2.19. The van der Waals surface area contributed by atoms with Crippen molar-refractivity contribution in [2.75, 3.05) is 0 Å². The van der Waals surface area contributed by atoms with Gasteiger partial charge in [-0.3, -0.25) is 4.79 Å². The molecule has 0 heterocycles. The number of carbonyl (C=O) groups is 1. The van der Waals surface area contributed by atoms with Crippen LogP contribution in [0.15, 0.2) is 0 Å². The molecule has 2 nitrogen and oxygen atoms in total. The molecule has 1 atom stereocenters. The van der Waals surface area contributed by atoms with Crippen molar-refractivity contribution >= 4 is 5.78 Å². The highest BCUT2D eigenvalue weighted by molar-refractivity contribution is 5.85. The van der Waals surface area contributed by atoms with Gasteiger partial charge >= 0.3 is 0 Å². The van der Waals surface area contributed by atoms with Crippen molar-refractivity contribution in [2.45, 2.75) is 39.2 Å². The van der Waals surface area contributed by atoms with Gasteiger partial charge in [-0.05, 0) is 20.3 Å². The van der Waals surface area contributed by atoms with Crippen LogP contribution < -0.4 is 5.73 Å². The van der Waals surface area contributed by atoms with E-state index in [0.717, 1.165) is 12.8 Å². The maximum absolute atomic E-state index is 10.7. The summed E-state index contributed by atoms with van der Waals surface area (Å²) in [6.07, 6.45) is 1.74. The van der Waals surface area contributed by atoms with Crippen LogP contribution in [0.1, 0.15) is 33.6 Å². The smallest absolute Gasteiger partial charge is 0.149 e. The third-order valence-corrected chi connectivity index (χ3v) is 1.57. The Labute approximate surface area is 56.4 Å². The molecular formula is C7H15NO. The molecule has 0 aliphatic rings. The predicted octanol–water partition coefficient (Wildman–Crippen LogP) is 1.09. The van der Waals surface area contributed by atoms with E-state index in [2.05, 4.69) is 0 Å². The first-order chi connectivity index (χ1) is 4.00. The molecule has 0 aromatic rings. The Balaban J connectivity index is 3.85. The van der Waals surface area contributed by atoms with Gasteiger partial charge in [0.05, 0.1) is 5.54 Å². The number of hydrogen-bond donors (Lipinski definition) is 1. The molecule has 0 aliphatic heterocycles. The summed E-state index contributed by atoms with van der Waals surface area (Å²) in [5, 5.41) is 0. The Morgan fingerprint density at radius 2 is 2.11 bits per heavy atom. The Hall–Kier alpha value is -0.370. The second kappa shape index (κ2) is 2.97. The summed E-state index contributed by atoms with van der Waals surface area (Å²) >= 11 is 0. The van der Waals surface area contributed by atoms with Crippen LogP contribution in [0.25, 0.3) is 0 Å². The molecule has 0 radical (unpaired) electrons. The summed E-state index contributed by atoms with van der Waals surface area (Å²) in [5.41, 5.74) is 5.03. The highest BCUT2D eigenvalue weighted by Gasteiger charge is 2.21. The molecule has 0 aromatic carbocycles. The maximum Gasteiger partial charge on any atom is 0.149 e. The van der Waals surface area contributed by atoms with Gasteiger partial charge < -0.3 is 5.73 Å². The molecule has 0 saturated carbocycles. The van der Waals surface area contributed by atoms with Crippen molar-refractivity contribution in [3.05, 3.63) is 0 Å². The van der Waals surface area contributed by atoms with Crippen LogP contribution in [0.5, 0.6) is 0 Å². The Morgan fingerprint density at radius 1 is 1.67 bits per heavy atom. The fourth-order valence-corrected chi connectivity index (χ4v) is 0.695. The molecule has 0 rings (SSSR count). The third kappa shape index (κ3) is 2.61. The lowest BCUT2D eigenvalue weighted by molar-refractivity contribution is -0.121. The molecule has 9 heavy (non-hydrogen) atoms. The Morgan fingerprint density at radius 3 is 2.22 bits per heavy atom. The van der Waals surface area contributed by atoms with E-state index in [1.54, 1.807) is 6.92 Å². The molecular weight excluding hydrogens is 114 g/mol. The summed E-state index contributed by atoms with van der Waals surface area (Å²) in [7, 11) is 0. The first-order valence-corrected chi connectivity index (χ1v) is 3.30. The number of hydrogen-bond acceptors (Lipinski definition) is 2. The zero-order valence-corrected chi connectivity index (χ0v) is 6.40. The van der Waals surface area contributed by atoms with Gasteiger partial charge in [0.1, 0.15) is 5.78 Å². The minimum absolute atomic E-state index is 0.0735. The minimum Gasteiger partial charge on any atom is -0.319 e. The van der Waals surface area contributed by atoms with Gasteiger partial charge in [-0.15, -0.1) is 0 Å². The van der Waals surface area contributed by atoms with E-state index in [-0.39, 0.29) is 5.78 Å². The maximum atomic E-state index is 10.7. The van der Waals surface area contributed by atoms with Crippen molar-refractivity contribution in [3.63, 3.8) is 0 Å². The van der Waals surface area contributed by atoms with E-state index in [9.17, 15) is 4.79 Å². The lowest BCUT2D eigenvalue weighted by Crippen LogP contribution is -2.43. The Bertz CT molecular complexity index is 107. The van der Waals surface area contributed by atoms with Gasteiger partial charge in [-0.2, -0.15) is 0 Å². The zero-order chi connectivity index (χ0) is 7.49. The molecule has 0 aliphatic carbocycles. The fourth-order valence-electron chi connectivity index (χ4n) is 0.695. The van der Waals surface area contributed by atoms with Crippen LogP contribution in [-0.4, -0.2) is 11.3 Å². The fraction of sp³-hybridized carbons (Fsp3) is 0.857. The second-order valence-electron chi connectivity index (χ2n) is 2.72. The topological polar surface area (TPSA) is 43.1 Å². The van der Waals surface area contributed by atoms with Crippen LogP contribution in [-0.2, 0) is 4.79 Å². The standard InChI is InChI=1S/C7H15NO/c1-4-5-7(3,8)6(2)9/h4-5,8H2,1-3H3. The first-order valence-electron chi connectivity index (χ1n) is 3.30. The molecule has 0 bridgehead atoms. The number of nitrogens with two attached hydrogens (primary N) is 1. The van der Waals surface area contributed by atoms with Crippen LogP contribution in [0, 0.1) is 0 Å². The van der Waals surface area contributed by atoms with E-state index in [4.69, 9.17) is 5.73 Å². The summed E-state index contributed by atoms with van der Waals surface area (Å²) in [4.78, 5) is 10.7. The second-order valence-corrected chi connectivity index (χ2v) is 2.72. The van der Waals surface area contributed by atoms with E-state index >= 15 is 0 Å². The molecule has 1 unspecified atom stereocenters. The van der Waals surface area contributed by atoms with E-state index in [1.165, 1.54) is 6.92 Å². The zero-order valence-electron chi connectivity index (χ0n) is 6.40. The molecule has 0 aromatic heterocycles. The number of carbonyl (C=O) groups excluding carboxylic acids is 1. The van der Waals surface area contributed by atoms with Crippen LogP contribution in [0.2, 0.25) is 0 Å². The SMILES string of the molecule is CCCC(C)(N)C(C)=O. The molecule has 54 valence electrons. The van der Waals surface area contributed by atoms with Gasteiger partial charge in [0.25, 0.3) is 0 Å². The van der Waals surface area contributed by atoms with Crippen molar-refractivity contribution in [2.24, 2.45) is 5.73 Å². The summed E-state index contributed by atoms with van der Waals surface area (Å²) in [6.45, 7) is 5.34. The van der Waals surface area contributed by atoms with Gasteiger partial charge in [0, 0.05) is 0 Å². The van der Waals surface area contributed by atoms with Gasteiger partial charge in [0.15, 0.2) is 0 Å². The third-order valence-electron chi connectivity index (χ3n) is 1.57. The van der Waals surface area contributed by atoms with E-state index in [1.807, 2.05) is 6.92 Å². The highest BCUT2D eigenvalue weighted by atomic mass is 16.1. The van der Waals surface area contributed by atoms with Gasteiger partial charge in [-0.1, -0.05) is 13.3 Å². The lowest BCUT2D eigenvalue weighted by atomic mass is 9.94. The van der Waals surface area contributed by atoms with Crippen LogP contribution >= 0.6 is 0 Å².